The fraction of sp³-hybridized carbons (Fsp3) is 0.533. The van der Waals surface area contributed by atoms with Crippen molar-refractivity contribution in [2.24, 2.45) is 0 Å². The van der Waals surface area contributed by atoms with Crippen molar-refractivity contribution in [1.29, 1.82) is 0 Å². The van der Waals surface area contributed by atoms with E-state index in [1.807, 2.05) is 25.5 Å². The van der Waals surface area contributed by atoms with E-state index in [0.717, 1.165) is 36.6 Å². The van der Waals surface area contributed by atoms with Crippen LogP contribution in [0.3, 0.4) is 0 Å². The first-order valence-electron chi connectivity index (χ1n) is 7.31. The van der Waals surface area contributed by atoms with Gasteiger partial charge in [-0.3, -0.25) is 4.68 Å². The molecule has 0 aromatic carbocycles. The maximum absolute atomic E-state index is 5.47. The lowest BCUT2D eigenvalue weighted by Gasteiger charge is -2.11. The number of nitrogens with one attached hydrogen (secondary N) is 1. The molecule has 0 radical (unpaired) electrons. The van der Waals surface area contributed by atoms with Crippen LogP contribution in [-0.4, -0.2) is 32.9 Å². The molecule has 2 rings (SSSR count). The van der Waals surface area contributed by atoms with Crippen molar-refractivity contribution in [3.63, 3.8) is 0 Å². The summed E-state index contributed by atoms with van der Waals surface area (Å²) >= 11 is 0. The van der Waals surface area contributed by atoms with Gasteiger partial charge in [0.2, 0.25) is 5.88 Å². The molecule has 0 aliphatic heterocycles. The highest BCUT2D eigenvalue weighted by molar-refractivity contribution is 5.47. The third-order valence-electron chi connectivity index (χ3n) is 3.26. The number of hydrogen-bond acceptors (Lipinski definition) is 5. The zero-order chi connectivity index (χ0) is 15.2. The van der Waals surface area contributed by atoms with Crippen LogP contribution in [0.2, 0.25) is 0 Å². The Kier molecular flexibility index (Phi) is 5.14. The number of aromatic nitrogens is 4. The van der Waals surface area contributed by atoms with Gasteiger partial charge < -0.3 is 10.1 Å². The molecule has 21 heavy (non-hydrogen) atoms. The second-order valence-electron chi connectivity index (χ2n) is 5.02. The molecule has 0 amide bonds. The van der Waals surface area contributed by atoms with Gasteiger partial charge in [0.1, 0.15) is 12.1 Å². The molecule has 0 atom stereocenters. The van der Waals surface area contributed by atoms with Crippen molar-refractivity contribution in [3.05, 3.63) is 29.3 Å². The SMILES string of the molecule is CCOc1ncnc(NCCCn2nc(C)cc2C)c1C. The molecule has 0 spiro atoms. The van der Waals surface area contributed by atoms with Crippen LogP contribution in [0.25, 0.3) is 0 Å². The topological polar surface area (TPSA) is 64.9 Å². The number of aryl methyl sites for hydroxylation is 3. The number of nitrogens with zero attached hydrogens (tertiary/aromatic N) is 4. The standard InChI is InChI=1S/C15H23N5O/c1-5-21-15-13(4)14(17-10-18-15)16-7-6-8-20-12(3)9-11(2)19-20/h9-10H,5-8H2,1-4H3,(H,16,17,18). The smallest absolute Gasteiger partial charge is 0.221 e. The minimum Gasteiger partial charge on any atom is -0.478 e. The summed E-state index contributed by atoms with van der Waals surface area (Å²) in [6.07, 6.45) is 2.51. The molecule has 6 nitrogen and oxygen atoms in total. The molecular weight excluding hydrogens is 266 g/mol. The first-order chi connectivity index (χ1) is 10.1. The Morgan fingerprint density at radius 1 is 1.24 bits per heavy atom. The van der Waals surface area contributed by atoms with E-state index in [1.54, 1.807) is 0 Å². The van der Waals surface area contributed by atoms with E-state index in [4.69, 9.17) is 4.74 Å². The summed E-state index contributed by atoms with van der Waals surface area (Å²) in [5.74, 6) is 1.48. The van der Waals surface area contributed by atoms with Gasteiger partial charge in [0, 0.05) is 18.8 Å². The summed E-state index contributed by atoms with van der Waals surface area (Å²) in [6, 6.07) is 2.09. The summed E-state index contributed by atoms with van der Waals surface area (Å²) in [5.41, 5.74) is 3.21. The van der Waals surface area contributed by atoms with Gasteiger partial charge in [0.05, 0.1) is 17.9 Å². The van der Waals surface area contributed by atoms with Gasteiger partial charge >= 0.3 is 0 Å². The monoisotopic (exact) mass is 289 g/mol. The summed E-state index contributed by atoms with van der Waals surface area (Å²) in [5, 5.41) is 7.79. The van der Waals surface area contributed by atoms with Crippen molar-refractivity contribution in [2.75, 3.05) is 18.5 Å². The van der Waals surface area contributed by atoms with E-state index in [9.17, 15) is 0 Å². The molecule has 2 aromatic heterocycles. The van der Waals surface area contributed by atoms with Gasteiger partial charge in [-0.05, 0) is 40.2 Å². The minimum absolute atomic E-state index is 0.606. The predicted octanol–water partition coefficient (Wildman–Crippen LogP) is 2.50. The molecule has 2 aromatic rings. The minimum atomic E-state index is 0.606. The Balaban J connectivity index is 1.86. The Hall–Kier alpha value is -2.11. The van der Waals surface area contributed by atoms with Crippen molar-refractivity contribution in [1.82, 2.24) is 19.7 Å². The van der Waals surface area contributed by atoms with Crippen LogP contribution >= 0.6 is 0 Å². The fourth-order valence-corrected chi connectivity index (χ4v) is 2.23. The van der Waals surface area contributed by atoms with Crippen molar-refractivity contribution >= 4 is 5.82 Å². The van der Waals surface area contributed by atoms with Gasteiger partial charge in [-0.1, -0.05) is 0 Å². The zero-order valence-electron chi connectivity index (χ0n) is 13.2. The molecule has 0 unspecified atom stereocenters. The second-order valence-corrected chi connectivity index (χ2v) is 5.02. The summed E-state index contributed by atoms with van der Waals surface area (Å²) < 4.78 is 7.50. The van der Waals surface area contributed by atoms with E-state index >= 15 is 0 Å². The van der Waals surface area contributed by atoms with Crippen molar-refractivity contribution < 1.29 is 4.74 Å². The van der Waals surface area contributed by atoms with E-state index in [-0.39, 0.29) is 0 Å². The molecule has 0 aliphatic carbocycles. The van der Waals surface area contributed by atoms with Gasteiger partial charge in [-0.25, -0.2) is 9.97 Å². The molecule has 1 N–H and O–H groups in total. The first-order valence-corrected chi connectivity index (χ1v) is 7.31. The molecule has 0 fully saturated rings. The zero-order valence-corrected chi connectivity index (χ0v) is 13.2. The van der Waals surface area contributed by atoms with E-state index in [0.29, 0.717) is 12.5 Å². The lowest BCUT2D eigenvalue weighted by Crippen LogP contribution is -2.11. The average molecular weight is 289 g/mol. The van der Waals surface area contributed by atoms with Crippen LogP contribution in [0.1, 0.15) is 30.3 Å². The van der Waals surface area contributed by atoms with Crippen molar-refractivity contribution in [2.45, 2.75) is 40.7 Å². The Labute approximate surface area is 125 Å². The third-order valence-corrected chi connectivity index (χ3v) is 3.26. The highest BCUT2D eigenvalue weighted by atomic mass is 16.5. The second kappa shape index (κ2) is 7.06. The van der Waals surface area contributed by atoms with E-state index < -0.39 is 0 Å². The highest BCUT2D eigenvalue weighted by Gasteiger charge is 2.07. The molecule has 0 saturated carbocycles. The maximum atomic E-state index is 5.47. The molecule has 2 heterocycles. The molecule has 6 heteroatoms. The average Bonchev–Trinajstić information content (AvgIpc) is 2.77. The van der Waals surface area contributed by atoms with Crippen LogP contribution in [0, 0.1) is 20.8 Å². The quantitative estimate of drug-likeness (QED) is 0.793. The summed E-state index contributed by atoms with van der Waals surface area (Å²) in [7, 11) is 0. The Morgan fingerprint density at radius 2 is 2.05 bits per heavy atom. The van der Waals surface area contributed by atoms with E-state index in [2.05, 4.69) is 33.4 Å². The van der Waals surface area contributed by atoms with E-state index in [1.165, 1.54) is 12.0 Å². The van der Waals surface area contributed by atoms with Gasteiger partial charge in [-0.2, -0.15) is 5.10 Å². The van der Waals surface area contributed by atoms with Crippen LogP contribution in [-0.2, 0) is 6.54 Å². The molecule has 0 bridgehead atoms. The number of hydrogen-bond donors (Lipinski definition) is 1. The van der Waals surface area contributed by atoms with Crippen molar-refractivity contribution in [3.8, 4) is 5.88 Å². The van der Waals surface area contributed by atoms with Crippen LogP contribution in [0.4, 0.5) is 5.82 Å². The number of anilines is 1. The molecule has 114 valence electrons. The lowest BCUT2D eigenvalue weighted by atomic mass is 10.3. The van der Waals surface area contributed by atoms with Crippen LogP contribution < -0.4 is 10.1 Å². The maximum Gasteiger partial charge on any atom is 0.221 e. The lowest BCUT2D eigenvalue weighted by molar-refractivity contribution is 0.324. The highest BCUT2D eigenvalue weighted by Crippen LogP contribution is 2.20. The van der Waals surface area contributed by atoms with Crippen LogP contribution in [0.5, 0.6) is 5.88 Å². The van der Waals surface area contributed by atoms with Gasteiger partial charge in [0.15, 0.2) is 0 Å². The Bertz CT molecular complexity index is 594. The first kappa shape index (κ1) is 15.3. The normalized spacial score (nSPS) is 10.7. The predicted molar refractivity (Wildman–Crippen MR) is 82.7 cm³/mol. The largest absolute Gasteiger partial charge is 0.478 e. The Morgan fingerprint density at radius 3 is 2.71 bits per heavy atom. The molecule has 0 aliphatic rings. The fourth-order valence-electron chi connectivity index (χ4n) is 2.23. The molecular formula is C15H23N5O. The van der Waals surface area contributed by atoms with Crippen LogP contribution in [0.15, 0.2) is 12.4 Å². The summed E-state index contributed by atoms with van der Waals surface area (Å²) in [6.45, 7) is 10.3. The third kappa shape index (κ3) is 3.93. The number of rotatable bonds is 7. The van der Waals surface area contributed by atoms with Gasteiger partial charge in [0.25, 0.3) is 0 Å². The number of ether oxygens (including phenoxy) is 1. The molecule has 0 saturated heterocycles. The summed E-state index contributed by atoms with van der Waals surface area (Å²) in [4.78, 5) is 8.39. The van der Waals surface area contributed by atoms with Gasteiger partial charge in [-0.15, -0.1) is 0 Å².